The zero-order valence-electron chi connectivity index (χ0n) is 33.1. The van der Waals surface area contributed by atoms with Gasteiger partial charge < -0.3 is 31.5 Å². The van der Waals surface area contributed by atoms with E-state index in [0.717, 1.165) is 27.2 Å². The Balaban J connectivity index is 1.45. The number of nitrogens with zero attached hydrogens (tertiary/aromatic N) is 3. The van der Waals surface area contributed by atoms with Gasteiger partial charge in [0.1, 0.15) is 36.2 Å². The first-order valence-corrected chi connectivity index (χ1v) is 21.5. The molecule has 0 bridgehead atoms. The number of piperazine rings is 1. The van der Waals surface area contributed by atoms with Crippen molar-refractivity contribution < 1.29 is 24.0 Å². The van der Waals surface area contributed by atoms with E-state index in [0.29, 0.717) is 35.9 Å². The van der Waals surface area contributed by atoms with Gasteiger partial charge in [-0.1, -0.05) is 131 Å². The Kier molecular flexibility index (Phi) is 17.6. The molecule has 318 valence electrons. The van der Waals surface area contributed by atoms with Gasteiger partial charge in [-0.15, -0.1) is 0 Å². The zero-order chi connectivity index (χ0) is 43.2. The fraction of sp³-hybridized carbons (Fsp3) is 0.356. The summed E-state index contributed by atoms with van der Waals surface area (Å²) in [7, 11) is 0. The molecule has 1 aliphatic heterocycles. The van der Waals surface area contributed by atoms with Crippen LogP contribution < -0.4 is 16.8 Å². The summed E-state index contributed by atoms with van der Waals surface area (Å²) in [6.07, 6.45) is 1.69. The third kappa shape index (κ3) is 13.2. The van der Waals surface area contributed by atoms with Gasteiger partial charge in [-0.3, -0.25) is 24.0 Å². The SMILES string of the molecule is NCCCCC(NC(=O)CN(C(=O)CC1C(=O)N(C(Cl)Cc2ccc(Cl)cc2)CC(=O)N1CCC(c1ccccc1)c1ccccc1)C(Cl)Cc1ccc(Cl)cc1)C(N)=O. The number of primary amides is 1. The molecule has 5 N–H and O–H groups in total. The van der Waals surface area contributed by atoms with Gasteiger partial charge in [-0.05, 0) is 78.7 Å². The molecule has 0 aliphatic carbocycles. The molecule has 4 aromatic rings. The summed E-state index contributed by atoms with van der Waals surface area (Å²) in [5.41, 5.74) is 12.8. The predicted octanol–water partition coefficient (Wildman–Crippen LogP) is 6.49. The maximum atomic E-state index is 14.6. The molecule has 15 heteroatoms. The van der Waals surface area contributed by atoms with E-state index in [1.54, 1.807) is 48.5 Å². The fourth-order valence-corrected chi connectivity index (χ4v) is 8.29. The molecule has 1 fully saturated rings. The Labute approximate surface area is 371 Å². The van der Waals surface area contributed by atoms with E-state index >= 15 is 0 Å². The van der Waals surface area contributed by atoms with Crippen molar-refractivity contribution in [1.29, 1.82) is 0 Å². The standard InChI is InChI=1S/C45H50Cl4N6O5/c46-34-18-14-30(15-19-34)25-39(48)54(28-41(56)52-37(44(51)59)13-7-8-23-50)42(57)27-38-45(60)55(40(49)26-31-16-20-35(47)21-17-31)29-43(58)53(38)24-22-36(32-9-3-1-4-10-32)33-11-5-2-6-12-33/h1-6,9-12,14-21,36-40H,7-8,13,22-29,50H2,(H2,51,59)(H,52,56). The predicted molar refractivity (Wildman–Crippen MR) is 237 cm³/mol. The molecule has 1 saturated heterocycles. The number of benzene rings is 4. The van der Waals surface area contributed by atoms with Crippen LogP contribution in [0.2, 0.25) is 10.0 Å². The maximum Gasteiger partial charge on any atom is 0.247 e. The van der Waals surface area contributed by atoms with Crippen LogP contribution in [0, 0.1) is 0 Å². The summed E-state index contributed by atoms with van der Waals surface area (Å²) >= 11 is 26.1. The Morgan fingerprint density at radius 3 is 1.85 bits per heavy atom. The molecule has 1 aliphatic rings. The van der Waals surface area contributed by atoms with E-state index in [-0.39, 0.29) is 44.2 Å². The highest BCUT2D eigenvalue weighted by atomic mass is 35.5. The van der Waals surface area contributed by atoms with Gasteiger partial charge in [0.05, 0.1) is 6.42 Å². The van der Waals surface area contributed by atoms with Gasteiger partial charge in [0.2, 0.25) is 29.5 Å². The van der Waals surface area contributed by atoms with Crippen LogP contribution in [0.25, 0.3) is 0 Å². The summed E-state index contributed by atoms with van der Waals surface area (Å²) in [5.74, 6) is -3.11. The van der Waals surface area contributed by atoms with Crippen LogP contribution in [0.3, 0.4) is 0 Å². The Morgan fingerprint density at radius 1 is 0.767 bits per heavy atom. The number of rotatable bonds is 21. The minimum Gasteiger partial charge on any atom is -0.368 e. The average molecular weight is 897 g/mol. The van der Waals surface area contributed by atoms with E-state index < -0.39 is 59.7 Å². The molecule has 0 radical (unpaired) electrons. The molecule has 0 saturated carbocycles. The molecule has 60 heavy (non-hydrogen) atoms. The van der Waals surface area contributed by atoms with Crippen molar-refractivity contribution in [1.82, 2.24) is 20.0 Å². The summed E-state index contributed by atoms with van der Waals surface area (Å²) in [5, 5.41) is 3.68. The van der Waals surface area contributed by atoms with Crippen molar-refractivity contribution in [2.45, 2.75) is 73.9 Å². The Morgan fingerprint density at radius 2 is 1.32 bits per heavy atom. The van der Waals surface area contributed by atoms with Gasteiger partial charge in [0.15, 0.2) is 0 Å². The van der Waals surface area contributed by atoms with Crippen molar-refractivity contribution >= 4 is 75.9 Å². The lowest BCUT2D eigenvalue weighted by molar-refractivity contribution is -0.159. The fourth-order valence-electron chi connectivity index (χ4n) is 7.34. The van der Waals surface area contributed by atoms with Crippen LogP contribution in [0.5, 0.6) is 0 Å². The molecular weight excluding hydrogens is 846 g/mol. The van der Waals surface area contributed by atoms with E-state index in [9.17, 15) is 24.0 Å². The molecule has 4 aromatic carbocycles. The lowest BCUT2D eigenvalue weighted by Gasteiger charge is -2.43. The minimum atomic E-state index is -1.28. The number of hydrogen-bond donors (Lipinski definition) is 3. The number of carbonyl (C=O) groups is 5. The van der Waals surface area contributed by atoms with Crippen molar-refractivity contribution in [3.05, 3.63) is 141 Å². The normalized spacial score (nSPS) is 15.7. The first kappa shape index (κ1) is 46.4. The molecule has 4 atom stereocenters. The third-order valence-corrected chi connectivity index (χ3v) is 11.9. The average Bonchev–Trinajstić information content (AvgIpc) is 3.24. The highest BCUT2D eigenvalue weighted by molar-refractivity contribution is 6.30. The molecule has 4 unspecified atom stereocenters. The highest BCUT2D eigenvalue weighted by Gasteiger charge is 2.44. The second kappa shape index (κ2) is 22.8. The van der Waals surface area contributed by atoms with Crippen molar-refractivity contribution in [3.63, 3.8) is 0 Å². The summed E-state index contributed by atoms with van der Waals surface area (Å²) in [6, 6.07) is 31.3. The number of amides is 5. The van der Waals surface area contributed by atoms with Gasteiger partial charge in [-0.25, -0.2) is 0 Å². The molecule has 5 rings (SSSR count). The van der Waals surface area contributed by atoms with Gasteiger partial charge in [0.25, 0.3) is 0 Å². The second-order valence-corrected chi connectivity index (χ2v) is 16.7. The molecule has 0 aromatic heterocycles. The summed E-state index contributed by atoms with van der Waals surface area (Å²) < 4.78 is 0. The number of nitrogens with two attached hydrogens (primary N) is 2. The molecule has 5 amide bonds. The minimum absolute atomic E-state index is 0.113. The smallest absolute Gasteiger partial charge is 0.247 e. The van der Waals surface area contributed by atoms with Crippen molar-refractivity contribution in [2.24, 2.45) is 11.5 Å². The maximum absolute atomic E-state index is 14.6. The lowest BCUT2D eigenvalue weighted by Crippen LogP contribution is -2.63. The van der Waals surface area contributed by atoms with Crippen LogP contribution in [0.1, 0.15) is 60.3 Å². The zero-order valence-corrected chi connectivity index (χ0v) is 36.1. The molecular formula is C45H50Cl4N6O5. The van der Waals surface area contributed by atoms with E-state index in [1.807, 2.05) is 60.7 Å². The van der Waals surface area contributed by atoms with Gasteiger partial charge >= 0.3 is 0 Å². The van der Waals surface area contributed by atoms with Gasteiger partial charge in [-0.2, -0.15) is 0 Å². The highest BCUT2D eigenvalue weighted by Crippen LogP contribution is 2.31. The molecule has 11 nitrogen and oxygen atoms in total. The lowest BCUT2D eigenvalue weighted by atomic mass is 9.88. The first-order valence-electron chi connectivity index (χ1n) is 19.9. The van der Waals surface area contributed by atoms with Crippen molar-refractivity contribution in [3.8, 4) is 0 Å². The number of hydrogen-bond acceptors (Lipinski definition) is 6. The molecule has 0 spiro atoms. The number of alkyl halides is 2. The number of nitrogens with one attached hydrogen (secondary N) is 1. The van der Waals surface area contributed by atoms with Gasteiger partial charge in [0, 0.05) is 35.3 Å². The third-order valence-electron chi connectivity index (χ3n) is 10.6. The van der Waals surface area contributed by atoms with Crippen molar-refractivity contribution in [2.75, 3.05) is 26.2 Å². The number of carbonyl (C=O) groups excluding carboxylic acids is 5. The van der Waals surface area contributed by atoms with Crippen LogP contribution >= 0.6 is 46.4 Å². The van der Waals surface area contributed by atoms with Crippen LogP contribution in [0.15, 0.2) is 109 Å². The second-order valence-electron chi connectivity index (χ2n) is 14.8. The Hall–Kier alpha value is -4.65. The van der Waals surface area contributed by atoms with Crippen LogP contribution in [-0.2, 0) is 36.8 Å². The Bertz CT molecular complexity index is 2010. The first-order chi connectivity index (χ1) is 28.8. The summed E-state index contributed by atoms with van der Waals surface area (Å²) in [4.78, 5) is 73.3. The monoisotopic (exact) mass is 894 g/mol. The number of unbranched alkanes of at least 4 members (excludes halogenated alkanes) is 1. The van der Waals surface area contributed by atoms with E-state index in [1.165, 1.54) is 9.80 Å². The topological polar surface area (TPSA) is 159 Å². The largest absolute Gasteiger partial charge is 0.368 e. The van der Waals surface area contributed by atoms with Crippen LogP contribution in [0.4, 0.5) is 0 Å². The quantitative estimate of drug-likeness (QED) is 0.0493. The van der Waals surface area contributed by atoms with Crippen LogP contribution in [-0.4, -0.2) is 93.5 Å². The van der Waals surface area contributed by atoms with E-state index in [2.05, 4.69) is 5.32 Å². The van der Waals surface area contributed by atoms with E-state index in [4.69, 9.17) is 57.9 Å². The number of halogens is 4. The molecule has 1 heterocycles. The summed E-state index contributed by atoms with van der Waals surface area (Å²) in [6.45, 7) is -0.319.